The zero-order valence-corrected chi connectivity index (χ0v) is 14.2. The molecule has 3 N–H and O–H groups in total. The Balaban J connectivity index is 1.51. The molecule has 1 atom stereocenters. The molecule has 8 nitrogen and oxygen atoms in total. The van der Waals surface area contributed by atoms with E-state index < -0.39 is 11.5 Å². The fourth-order valence-corrected chi connectivity index (χ4v) is 3.18. The van der Waals surface area contributed by atoms with E-state index in [1.807, 2.05) is 0 Å². The van der Waals surface area contributed by atoms with E-state index >= 15 is 0 Å². The molecule has 2 aromatic rings. The Bertz CT molecular complexity index is 810. The van der Waals surface area contributed by atoms with Gasteiger partial charge in [0.15, 0.2) is 5.13 Å². The number of anilines is 1. The first-order valence-electron chi connectivity index (χ1n) is 7.93. The van der Waals surface area contributed by atoms with Crippen molar-refractivity contribution < 1.29 is 14.3 Å². The number of rotatable bonds is 6. The minimum atomic E-state index is -0.536. The summed E-state index contributed by atoms with van der Waals surface area (Å²) >= 11 is 1.20. The lowest BCUT2D eigenvalue weighted by Crippen LogP contribution is -2.32. The Labute approximate surface area is 147 Å². The Kier molecular flexibility index (Phi) is 5.56. The Morgan fingerprint density at radius 1 is 1.44 bits per heavy atom. The third-order valence-electron chi connectivity index (χ3n) is 3.73. The first kappa shape index (κ1) is 17.3. The van der Waals surface area contributed by atoms with Crippen molar-refractivity contribution in [2.45, 2.75) is 25.4 Å². The van der Waals surface area contributed by atoms with Gasteiger partial charge in [-0.05, 0) is 25.0 Å². The lowest BCUT2D eigenvalue weighted by atomic mass is 10.2. The van der Waals surface area contributed by atoms with Gasteiger partial charge in [0.1, 0.15) is 5.56 Å². The van der Waals surface area contributed by atoms with E-state index in [0.29, 0.717) is 17.4 Å². The number of nitrogens with zero attached hydrogens (tertiary/aromatic N) is 1. The molecule has 0 saturated carbocycles. The number of carbonyl (C=O) groups is 2. The van der Waals surface area contributed by atoms with E-state index in [9.17, 15) is 14.4 Å². The lowest BCUT2D eigenvalue weighted by molar-refractivity contribution is -0.121. The molecule has 1 fully saturated rings. The number of carbonyl (C=O) groups excluding carboxylic acids is 2. The van der Waals surface area contributed by atoms with Crippen LogP contribution in [0.25, 0.3) is 0 Å². The third kappa shape index (κ3) is 4.74. The van der Waals surface area contributed by atoms with Crippen molar-refractivity contribution in [1.29, 1.82) is 0 Å². The molecule has 2 aromatic heterocycles. The smallest absolute Gasteiger partial charge is 0.263 e. The summed E-state index contributed by atoms with van der Waals surface area (Å²) in [4.78, 5) is 42.2. The summed E-state index contributed by atoms with van der Waals surface area (Å²) in [5.74, 6) is -0.677. The second-order valence-electron chi connectivity index (χ2n) is 5.63. The van der Waals surface area contributed by atoms with E-state index in [1.165, 1.54) is 23.6 Å². The van der Waals surface area contributed by atoms with Crippen LogP contribution in [0.2, 0.25) is 0 Å². The molecule has 9 heteroatoms. The summed E-state index contributed by atoms with van der Waals surface area (Å²) in [6, 6.07) is 3.00. The SMILES string of the molecule is O=C(Cc1csc(NC(=O)c2ccc[nH]c2=O)n1)NC[C@@H]1CCCO1. The molecule has 132 valence electrons. The van der Waals surface area contributed by atoms with Gasteiger partial charge in [0.2, 0.25) is 5.91 Å². The number of ether oxygens (including phenoxy) is 1. The second-order valence-corrected chi connectivity index (χ2v) is 6.49. The maximum atomic E-state index is 12.1. The van der Waals surface area contributed by atoms with Gasteiger partial charge in [0.05, 0.1) is 18.2 Å². The minimum absolute atomic E-state index is 0.00792. The molecule has 3 rings (SSSR count). The van der Waals surface area contributed by atoms with E-state index in [1.54, 1.807) is 11.4 Å². The molecule has 0 spiro atoms. The molecule has 25 heavy (non-hydrogen) atoms. The molecule has 1 aliphatic heterocycles. The first-order valence-corrected chi connectivity index (χ1v) is 8.81. The standard InChI is InChI=1S/C16H18N4O4S/c21-13(18-8-11-3-2-6-24-11)7-10-9-25-16(19-10)20-15(23)12-4-1-5-17-14(12)22/h1,4-5,9,11H,2-3,6-8H2,(H,17,22)(H,18,21)(H,19,20,23)/t11-/m0/s1. The predicted molar refractivity (Wildman–Crippen MR) is 92.8 cm³/mol. The summed E-state index contributed by atoms with van der Waals surface area (Å²) < 4.78 is 5.45. The maximum Gasteiger partial charge on any atom is 0.263 e. The molecule has 0 radical (unpaired) electrons. The average molecular weight is 362 g/mol. The normalized spacial score (nSPS) is 16.6. The van der Waals surface area contributed by atoms with Crippen molar-refractivity contribution in [3.8, 4) is 0 Å². The van der Waals surface area contributed by atoms with E-state index in [0.717, 1.165) is 19.4 Å². The second kappa shape index (κ2) is 8.04. The zero-order chi connectivity index (χ0) is 17.6. The number of aromatic amines is 1. The summed E-state index contributed by atoms with van der Waals surface area (Å²) in [7, 11) is 0. The van der Waals surface area contributed by atoms with Crippen LogP contribution in [0.15, 0.2) is 28.5 Å². The van der Waals surface area contributed by atoms with E-state index in [-0.39, 0.29) is 24.0 Å². The number of hydrogen-bond acceptors (Lipinski definition) is 6. The Morgan fingerprint density at radius 3 is 3.08 bits per heavy atom. The van der Waals surface area contributed by atoms with Crippen LogP contribution in [-0.2, 0) is 16.0 Å². The maximum absolute atomic E-state index is 12.1. The van der Waals surface area contributed by atoms with Crippen LogP contribution in [-0.4, -0.2) is 41.0 Å². The number of amides is 2. The molecular weight excluding hydrogens is 344 g/mol. The van der Waals surface area contributed by atoms with Gasteiger partial charge in [-0.3, -0.25) is 19.7 Å². The predicted octanol–water partition coefficient (Wildman–Crippen LogP) is 0.921. The largest absolute Gasteiger partial charge is 0.376 e. The number of pyridine rings is 1. The molecule has 0 aliphatic carbocycles. The fraction of sp³-hybridized carbons (Fsp3) is 0.375. The van der Waals surface area contributed by atoms with Gasteiger partial charge in [-0.15, -0.1) is 11.3 Å². The molecule has 0 bridgehead atoms. The van der Waals surface area contributed by atoms with Gasteiger partial charge in [0.25, 0.3) is 11.5 Å². The van der Waals surface area contributed by atoms with Crippen molar-refractivity contribution in [2.75, 3.05) is 18.5 Å². The fourth-order valence-electron chi connectivity index (χ4n) is 2.47. The van der Waals surface area contributed by atoms with Crippen molar-refractivity contribution >= 4 is 28.3 Å². The highest BCUT2D eigenvalue weighted by molar-refractivity contribution is 7.14. The molecular formula is C16H18N4O4S. The van der Waals surface area contributed by atoms with Crippen molar-refractivity contribution in [3.05, 3.63) is 45.3 Å². The number of hydrogen-bond donors (Lipinski definition) is 3. The Hall–Kier alpha value is -2.52. The van der Waals surface area contributed by atoms with Gasteiger partial charge in [0, 0.05) is 24.7 Å². The first-order chi connectivity index (χ1) is 12.1. The quantitative estimate of drug-likeness (QED) is 0.707. The monoisotopic (exact) mass is 362 g/mol. The molecule has 3 heterocycles. The van der Waals surface area contributed by atoms with Gasteiger partial charge in [-0.25, -0.2) is 4.98 Å². The lowest BCUT2D eigenvalue weighted by Gasteiger charge is -2.09. The summed E-state index contributed by atoms with van der Waals surface area (Å²) in [6.45, 7) is 1.25. The number of thiazole rings is 1. The highest BCUT2D eigenvalue weighted by atomic mass is 32.1. The van der Waals surface area contributed by atoms with Gasteiger partial charge >= 0.3 is 0 Å². The van der Waals surface area contributed by atoms with Crippen molar-refractivity contribution in [2.24, 2.45) is 0 Å². The van der Waals surface area contributed by atoms with Crippen molar-refractivity contribution in [1.82, 2.24) is 15.3 Å². The molecule has 1 aliphatic rings. The van der Waals surface area contributed by atoms with Crippen LogP contribution < -0.4 is 16.2 Å². The van der Waals surface area contributed by atoms with Crippen LogP contribution in [0.1, 0.15) is 28.9 Å². The zero-order valence-electron chi connectivity index (χ0n) is 13.4. The van der Waals surface area contributed by atoms with Gasteiger partial charge in [-0.1, -0.05) is 0 Å². The van der Waals surface area contributed by atoms with Crippen molar-refractivity contribution in [3.63, 3.8) is 0 Å². The van der Waals surface area contributed by atoms with Crippen LogP contribution >= 0.6 is 11.3 Å². The van der Waals surface area contributed by atoms with Gasteiger partial charge < -0.3 is 15.0 Å². The van der Waals surface area contributed by atoms with Crippen LogP contribution in [0.3, 0.4) is 0 Å². The van der Waals surface area contributed by atoms with Crippen LogP contribution in [0.5, 0.6) is 0 Å². The van der Waals surface area contributed by atoms with Gasteiger partial charge in [-0.2, -0.15) is 0 Å². The highest BCUT2D eigenvalue weighted by Crippen LogP contribution is 2.16. The van der Waals surface area contributed by atoms with Crippen LogP contribution in [0, 0.1) is 0 Å². The summed E-state index contributed by atoms with van der Waals surface area (Å²) in [5.41, 5.74) is 0.103. The van der Waals surface area contributed by atoms with E-state index in [4.69, 9.17) is 4.74 Å². The number of aromatic nitrogens is 2. The highest BCUT2D eigenvalue weighted by Gasteiger charge is 2.17. The topological polar surface area (TPSA) is 113 Å². The Morgan fingerprint density at radius 2 is 2.32 bits per heavy atom. The molecule has 1 saturated heterocycles. The third-order valence-corrected chi connectivity index (χ3v) is 4.53. The average Bonchev–Trinajstić information content (AvgIpc) is 3.25. The summed E-state index contributed by atoms with van der Waals surface area (Å²) in [6.07, 6.45) is 3.67. The number of nitrogens with one attached hydrogen (secondary N) is 3. The molecule has 0 unspecified atom stereocenters. The molecule has 2 amide bonds. The number of H-pyrrole nitrogens is 1. The van der Waals surface area contributed by atoms with Crippen LogP contribution in [0.4, 0.5) is 5.13 Å². The molecule has 0 aromatic carbocycles. The van der Waals surface area contributed by atoms with E-state index in [2.05, 4.69) is 20.6 Å². The minimum Gasteiger partial charge on any atom is -0.376 e. The summed E-state index contributed by atoms with van der Waals surface area (Å²) in [5, 5.41) is 7.44.